The summed E-state index contributed by atoms with van der Waals surface area (Å²) >= 11 is 1.74. The van der Waals surface area contributed by atoms with Crippen molar-refractivity contribution in [1.82, 2.24) is 15.1 Å². The Hall–Kier alpha value is -1.63. The van der Waals surface area contributed by atoms with Gasteiger partial charge in [-0.05, 0) is 75.5 Å². The second-order valence-electron chi connectivity index (χ2n) is 9.71. The zero-order valence-corrected chi connectivity index (χ0v) is 17.9. The van der Waals surface area contributed by atoms with Gasteiger partial charge >= 0.3 is 0 Å². The third-order valence-electron chi connectivity index (χ3n) is 7.67. The summed E-state index contributed by atoms with van der Waals surface area (Å²) in [5.41, 5.74) is 0.621. The van der Waals surface area contributed by atoms with E-state index < -0.39 is 4.75 Å². The van der Waals surface area contributed by atoms with Crippen molar-refractivity contribution in [1.29, 1.82) is 0 Å². The van der Waals surface area contributed by atoms with Crippen LogP contribution < -0.4 is 0 Å². The third-order valence-corrected chi connectivity index (χ3v) is 8.95. The first-order valence-electron chi connectivity index (χ1n) is 11.1. The van der Waals surface area contributed by atoms with Gasteiger partial charge in [-0.3, -0.25) is 14.7 Å². The number of rotatable bonds is 5. The molecule has 1 unspecified atom stereocenters. The number of H-pyrrole nitrogens is 1. The van der Waals surface area contributed by atoms with Gasteiger partial charge in [0.05, 0.1) is 16.8 Å². The van der Waals surface area contributed by atoms with Gasteiger partial charge in [-0.1, -0.05) is 18.2 Å². The number of carbonyl (C=O) groups is 2. The van der Waals surface area contributed by atoms with E-state index >= 15 is 0 Å². The highest BCUT2D eigenvalue weighted by molar-refractivity contribution is 8.16. The maximum atomic E-state index is 12.8. The van der Waals surface area contributed by atoms with E-state index in [1.165, 1.54) is 25.7 Å². The molecule has 3 fully saturated rings. The highest BCUT2D eigenvalue weighted by Crippen LogP contribution is 2.51. The lowest BCUT2D eigenvalue weighted by atomic mass is 9.86. The number of carbonyl (C=O) groups excluding carboxylic acids is 2. The summed E-state index contributed by atoms with van der Waals surface area (Å²) in [5, 5.41) is 7.66. The molecule has 1 saturated heterocycles. The molecule has 3 heterocycles. The molecule has 2 bridgehead atoms. The van der Waals surface area contributed by atoms with Crippen molar-refractivity contribution in [2.24, 2.45) is 28.7 Å². The van der Waals surface area contributed by atoms with Crippen LogP contribution in [0.5, 0.6) is 0 Å². The van der Waals surface area contributed by atoms with Crippen LogP contribution in [0.3, 0.4) is 0 Å². The Morgan fingerprint density at radius 2 is 2.10 bits per heavy atom. The van der Waals surface area contributed by atoms with Crippen molar-refractivity contribution in [3.63, 3.8) is 0 Å². The molecule has 2 aliphatic carbocycles. The van der Waals surface area contributed by atoms with Crippen LogP contribution in [0.15, 0.2) is 17.4 Å². The van der Waals surface area contributed by atoms with Crippen LogP contribution in [-0.4, -0.2) is 49.8 Å². The van der Waals surface area contributed by atoms with Gasteiger partial charge in [0.1, 0.15) is 4.75 Å². The van der Waals surface area contributed by atoms with Crippen LogP contribution in [0.4, 0.5) is 0 Å². The summed E-state index contributed by atoms with van der Waals surface area (Å²) in [6, 6.07) is 0. The van der Waals surface area contributed by atoms with Crippen molar-refractivity contribution in [3.8, 4) is 0 Å². The van der Waals surface area contributed by atoms with Crippen molar-refractivity contribution < 1.29 is 9.59 Å². The summed E-state index contributed by atoms with van der Waals surface area (Å²) in [6.07, 6.45) is 12.6. The lowest BCUT2D eigenvalue weighted by molar-refractivity contribution is -0.119. The van der Waals surface area contributed by atoms with Crippen molar-refractivity contribution >= 4 is 28.6 Å². The fourth-order valence-electron chi connectivity index (χ4n) is 6.07. The summed E-state index contributed by atoms with van der Waals surface area (Å²) in [4.78, 5) is 31.6. The zero-order chi connectivity index (χ0) is 20.0. The lowest BCUT2D eigenvalue weighted by Gasteiger charge is -2.34. The zero-order valence-electron chi connectivity index (χ0n) is 17.1. The second kappa shape index (κ2) is 7.56. The predicted molar refractivity (Wildman–Crippen MR) is 114 cm³/mol. The second-order valence-corrected chi connectivity index (χ2v) is 11.3. The number of amides is 2. The maximum Gasteiger partial charge on any atom is 0.262 e. The van der Waals surface area contributed by atoms with E-state index in [0.29, 0.717) is 11.5 Å². The third kappa shape index (κ3) is 3.78. The van der Waals surface area contributed by atoms with E-state index in [0.717, 1.165) is 61.6 Å². The lowest BCUT2D eigenvalue weighted by Crippen LogP contribution is -2.40. The average molecular weight is 415 g/mol. The molecule has 6 nitrogen and oxygen atoms in total. The highest BCUT2D eigenvalue weighted by atomic mass is 32.2. The van der Waals surface area contributed by atoms with E-state index in [2.05, 4.69) is 22.1 Å². The van der Waals surface area contributed by atoms with Crippen LogP contribution >= 0.6 is 11.8 Å². The molecule has 7 heteroatoms. The topological polar surface area (TPSA) is 78.4 Å². The molecule has 4 aliphatic rings. The van der Waals surface area contributed by atoms with Crippen LogP contribution in [0.2, 0.25) is 0 Å². The van der Waals surface area contributed by atoms with E-state index in [1.54, 1.807) is 24.2 Å². The molecule has 1 aromatic rings. The van der Waals surface area contributed by atoms with Gasteiger partial charge in [-0.2, -0.15) is 5.10 Å². The molecule has 2 saturated carbocycles. The van der Waals surface area contributed by atoms with E-state index in [-0.39, 0.29) is 11.8 Å². The Morgan fingerprint density at radius 1 is 1.28 bits per heavy atom. The van der Waals surface area contributed by atoms with Crippen molar-refractivity contribution in [2.45, 2.75) is 63.0 Å². The molecule has 0 aromatic carbocycles. The number of hydrogen-bond acceptors (Lipinski definition) is 4. The average Bonchev–Trinajstić information content (AvgIpc) is 3.48. The summed E-state index contributed by atoms with van der Waals surface area (Å²) < 4.78 is -0.408. The van der Waals surface area contributed by atoms with Gasteiger partial charge in [0.25, 0.3) is 11.8 Å². The van der Waals surface area contributed by atoms with E-state index in [1.807, 2.05) is 4.90 Å². The predicted octanol–water partition coefficient (Wildman–Crippen LogP) is 3.91. The molecule has 0 spiro atoms. The summed E-state index contributed by atoms with van der Waals surface area (Å²) in [5.74, 6) is 3.16. The summed E-state index contributed by atoms with van der Waals surface area (Å²) in [6.45, 7) is 3.59. The van der Waals surface area contributed by atoms with Crippen LogP contribution in [0, 0.1) is 23.7 Å². The minimum Gasteiger partial charge on any atom is -0.339 e. The first-order valence-corrected chi connectivity index (χ1v) is 11.9. The van der Waals surface area contributed by atoms with Crippen LogP contribution in [0.1, 0.15) is 68.6 Å². The molecule has 2 aliphatic heterocycles. The van der Waals surface area contributed by atoms with Crippen molar-refractivity contribution in [2.75, 3.05) is 13.1 Å². The number of piperidine rings is 1. The molecule has 1 aromatic heterocycles. The monoisotopic (exact) mass is 414 g/mol. The molecule has 156 valence electrons. The Kier molecular flexibility index (Phi) is 5.04. The number of likely N-dealkylation sites (tertiary alicyclic amines) is 1. The first-order chi connectivity index (χ1) is 14.0. The van der Waals surface area contributed by atoms with Gasteiger partial charge in [-0.25, -0.2) is 4.99 Å². The fraction of sp³-hybridized carbons (Fsp3) is 0.727. The molecule has 0 radical (unpaired) electrons. The quantitative estimate of drug-likeness (QED) is 0.792. The molecule has 1 N–H and O–H groups in total. The van der Waals surface area contributed by atoms with E-state index in [4.69, 9.17) is 0 Å². The number of aromatic nitrogens is 2. The fourth-order valence-corrected chi connectivity index (χ4v) is 7.46. The van der Waals surface area contributed by atoms with Gasteiger partial charge in [0, 0.05) is 19.3 Å². The van der Waals surface area contributed by atoms with Gasteiger partial charge in [0.15, 0.2) is 0 Å². The Balaban J connectivity index is 1.13. The van der Waals surface area contributed by atoms with Gasteiger partial charge in [0.2, 0.25) is 0 Å². The van der Waals surface area contributed by atoms with Gasteiger partial charge < -0.3 is 4.90 Å². The Bertz CT molecular complexity index is 815. The SMILES string of the molecule is CC1(CC2CCN(C(=O)c3cn[nH]c3)CC2)SC(C[C@H]2C[C@@H]3CC[C@H]2C3)=NC1=O. The van der Waals surface area contributed by atoms with Crippen LogP contribution in [0.25, 0.3) is 0 Å². The minimum absolute atomic E-state index is 0.0474. The van der Waals surface area contributed by atoms with E-state index in [9.17, 15) is 9.59 Å². The minimum atomic E-state index is -0.408. The molecule has 5 rings (SSSR count). The molecule has 2 amide bonds. The smallest absolute Gasteiger partial charge is 0.262 e. The maximum absolute atomic E-state index is 12.8. The Morgan fingerprint density at radius 3 is 2.76 bits per heavy atom. The number of thioether (sulfide) groups is 1. The molecule has 4 atom stereocenters. The standard InChI is InChI=1S/C22H30N4O2S/c1-22(11-14-4-6-26(7-5-14)20(27)18-12-23-24-13-18)21(28)25-19(29-22)10-17-9-15-2-3-16(17)8-15/h12-17H,2-11H2,1H3,(H,23,24)/t15-,16+,17-,22?/m1/s1. The molecular weight excluding hydrogens is 384 g/mol. The van der Waals surface area contributed by atoms with Crippen molar-refractivity contribution in [3.05, 3.63) is 18.0 Å². The largest absolute Gasteiger partial charge is 0.339 e. The Labute approximate surface area is 176 Å². The number of hydrogen-bond donors (Lipinski definition) is 1. The summed E-state index contributed by atoms with van der Waals surface area (Å²) in [7, 11) is 0. The van der Waals surface area contributed by atoms with Crippen LogP contribution in [-0.2, 0) is 4.79 Å². The number of aliphatic imine (C=N–C) groups is 1. The first kappa shape index (κ1) is 19.3. The molecule has 29 heavy (non-hydrogen) atoms. The normalized spacial score (nSPS) is 34.8. The number of aromatic amines is 1. The number of fused-ring (bicyclic) bond motifs is 2. The highest BCUT2D eigenvalue weighted by Gasteiger charge is 2.45. The van der Waals surface area contributed by atoms with Gasteiger partial charge in [-0.15, -0.1) is 0 Å². The molecular formula is C22H30N4O2S. The number of nitrogens with zero attached hydrogens (tertiary/aromatic N) is 3. The number of nitrogens with one attached hydrogen (secondary N) is 1.